The molecule has 1 aliphatic heterocycles. The van der Waals surface area contributed by atoms with Crippen molar-refractivity contribution in [2.45, 2.75) is 25.7 Å². The van der Waals surface area contributed by atoms with Gasteiger partial charge in [0.2, 0.25) is 0 Å². The molecule has 1 aromatic rings. The summed E-state index contributed by atoms with van der Waals surface area (Å²) in [5.74, 6) is 0.935. The van der Waals surface area contributed by atoms with Crippen molar-refractivity contribution >= 4 is 15.9 Å². The Bertz CT molecular complexity index is 426. The molecule has 1 heterocycles. The topological polar surface area (TPSA) is 44.5 Å². The predicted molar refractivity (Wildman–Crippen MR) is 71.7 cm³/mol. The van der Waals surface area contributed by atoms with Crippen LogP contribution in [0.1, 0.15) is 24.8 Å². The van der Waals surface area contributed by atoms with Gasteiger partial charge in [-0.2, -0.15) is 0 Å². The quantitative estimate of drug-likeness (QED) is 0.868. The van der Waals surface area contributed by atoms with E-state index in [2.05, 4.69) is 15.9 Å². The van der Waals surface area contributed by atoms with E-state index in [4.69, 9.17) is 15.2 Å². The zero-order chi connectivity index (χ0) is 13.0. The van der Waals surface area contributed by atoms with Gasteiger partial charge in [-0.05, 0) is 41.7 Å². The number of ether oxygens (including phenoxy) is 2. The van der Waals surface area contributed by atoms with Crippen LogP contribution in [-0.4, -0.2) is 19.8 Å². The SMILES string of the molecule is NCCCCc1c(F)c(Br)cc2c1OCCCO2. The molecule has 0 aromatic heterocycles. The highest BCUT2D eigenvalue weighted by Crippen LogP contribution is 2.39. The molecule has 5 heteroatoms. The molecule has 0 amide bonds. The lowest BCUT2D eigenvalue weighted by molar-refractivity contribution is 0.295. The average Bonchev–Trinajstić information content (AvgIpc) is 2.59. The normalized spacial score (nSPS) is 14.4. The van der Waals surface area contributed by atoms with Crippen LogP contribution in [0.3, 0.4) is 0 Å². The first-order valence-electron chi connectivity index (χ1n) is 6.20. The Morgan fingerprint density at radius 3 is 2.83 bits per heavy atom. The zero-order valence-corrected chi connectivity index (χ0v) is 11.8. The molecule has 0 aliphatic carbocycles. The van der Waals surface area contributed by atoms with E-state index in [1.807, 2.05) is 0 Å². The molecule has 0 unspecified atom stereocenters. The molecule has 3 nitrogen and oxygen atoms in total. The van der Waals surface area contributed by atoms with Crippen LogP contribution in [0.2, 0.25) is 0 Å². The third-order valence-corrected chi connectivity index (χ3v) is 3.48. The number of nitrogens with two attached hydrogens (primary N) is 1. The summed E-state index contributed by atoms with van der Waals surface area (Å²) in [4.78, 5) is 0. The van der Waals surface area contributed by atoms with E-state index >= 15 is 0 Å². The molecule has 0 atom stereocenters. The van der Waals surface area contributed by atoms with E-state index in [1.165, 1.54) is 0 Å². The number of fused-ring (bicyclic) bond motifs is 1. The van der Waals surface area contributed by atoms with Crippen LogP contribution >= 0.6 is 15.9 Å². The van der Waals surface area contributed by atoms with Gasteiger partial charge >= 0.3 is 0 Å². The number of benzene rings is 1. The van der Waals surface area contributed by atoms with Crippen molar-refractivity contribution in [2.24, 2.45) is 5.73 Å². The van der Waals surface area contributed by atoms with Crippen LogP contribution in [-0.2, 0) is 6.42 Å². The van der Waals surface area contributed by atoms with Gasteiger partial charge in [0.15, 0.2) is 11.5 Å². The molecule has 2 N–H and O–H groups in total. The Balaban J connectivity index is 2.32. The van der Waals surface area contributed by atoms with Gasteiger partial charge < -0.3 is 15.2 Å². The second-order valence-electron chi connectivity index (χ2n) is 4.27. The van der Waals surface area contributed by atoms with E-state index < -0.39 is 0 Å². The van der Waals surface area contributed by atoms with Gasteiger partial charge in [0.05, 0.1) is 17.7 Å². The van der Waals surface area contributed by atoms with E-state index in [-0.39, 0.29) is 5.82 Å². The van der Waals surface area contributed by atoms with Crippen LogP contribution < -0.4 is 15.2 Å². The standard InChI is InChI=1S/C13H17BrFNO2/c14-10-8-11-13(18-7-3-6-17-11)9(12(10)15)4-1-2-5-16/h8H,1-7,16H2. The zero-order valence-electron chi connectivity index (χ0n) is 10.2. The minimum Gasteiger partial charge on any atom is -0.490 e. The molecule has 0 radical (unpaired) electrons. The molecular weight excluding hydrogens is 301 g/mol. The van der Waals surface area contributed by atoms with Crippen LogP contribution in [0.25, 0.3) is 0 Å². The van der Waals surface area contributed by atoms with Crippen LogP contribution in [0.5, 0.6) is 11.5 Å². The minimum atomic E-state index is -0.253. The van der Waals surface area contributed by atoms with Crippen molar-refractivity contribution in [3.63, 3.8) is 0 Å². The van der Waals surface area contributed by atoms with Crippen molar-refractivity contribution in [3.05, 3.63) is 21.9 Å². The molecule has 0 spiro atoms. The third kappa shape index (κ3) is 2.95. The van der Waals surface area contributed by atoms with E-state index in [9.17, 15) is 4.39 Å². The number of halogens is 2. The maximum atomic E-state index is 14.1. The summed E-state index contributed by atoms with van der Waals surface area (Å²) in [6.07, 6.45) is 3.16. The first-order valence-corrected chi connectivity index (χ1v) is 7.00. The fourth-order valence-corrected chi connectivity index (χ4v) is 2.43. The summed E-state index contributed by atoms with van der Waals surface area (Å²) in [5, 5.41) is 0. The molecule has 0 fully saturated rings. The summed E-state index contributed by atoms with van der Waals surface area (Å²) in [5.41, 5.74) is 6.06. The highest BCUT2D eigenvalue weighted by molar-refractivity contribution is 9.10. The second kappa shape index (κ2) is 6.38. The lowest BCUT2D eigenvalue weighted by Crippen LogP contribution is -2.03. The monoisotopic (exact) mass is 317 g/mol. The Morgan fingerprint density at radius 1 is 1.28 bits per heavy atom. The average molecular weight is 318 g/mol. The molecule has 1 aliphatic rings. The number of hydrogen-bond donors (Lipinski definition) is 1. The summed E-state index contributed by atoms with van der Waals surface area (Å²) in [7, 11) is 0. The van der Waals surface area contributed by atoms with Crippen LogP contribution in [0, 0.1) is 5.82 Å². The maximum absolute atomic E-state index is 14.1. The smallest absolute Gasteiger partial charge is 0.167 e. The summed E-state index contributed by atoms with van der Waals surface area (Å²) in [6, 6.07) is 1.64. The van der Waals surface area contributed by atoms with Gasteiger partial charge in [0.1, 0.15) is 5.82 Å². The predicted octanol–water partition coefficient (Wildman–Crippen LogP) is 3.03. The fraction of sp³-hybridized carbons (Fsp3) is 0.538. The van der Waals surface area contributed by atoms with Gasteiger partial charge in [0.25, 0.3) is 0 Å². The lowest BCUT2D eigenvalue weighted by Gasteiger charge is -2.14. The van der Waals surface area contributed by atoms with Crippen LogP contribution in [0.4, 0.5) is 4.39 Å². The summed E-state index contributed by atoms with van der Waals surface area (Å²) >= 11 is 3.22. The molecular formula is C13H17BrFNO2. The number of rotatable bonds is 4. The van der Waals surface area contributed by atoms with Gasteiger partial charge in [0, 0.05) is 18.1 Å². The highest BCUT2D eigenvalue weighted by Gasteiger charge is 2.21. The van der Waals surface area contributed by atoms with E-state index in [0.717, 1.165) is 19.3 Å². The van der Waals surface area contributed by atoms with Crippen molar-refractivity contribution in [1.29, 1.82) is 0 Å². The highest BCUT2D eigenvalue weighted by atomic mass is 79.9. The van der Waals surface area contributed by atoms with E-state index in [1.54, 1.807) is 6.07 Å². The largest absolute Gasteiger partial charge is 0.490 e. The minimum absolute atomic E-state index is 0.253. The summed E-state index contributed by atoms with van der Waals surface area (Å²) in [6.45, 7) is 1.79. The molecule has 18 heavy (non-hydrogen) atoms. The Kier molecular flexibility index (Phi) is 4.83. The van der Waals surface area contributed by atoms with Crippen molar-refractivity contribution < 1.29 is 13.9 Å². The summed E-state index contributed by atoms with van der Waals surface area (Å²) < 4.78 is 25.8. The third-order valence-electron chi connectivity index (χ3n) is 2.90. The Hall–Kier alpha value is -0.810. The van der Waals surface area contributed by atoms with Crippen LogP contribution in [0.15, 0.2) is 10.5 Å². The molecule has 0 saturated heterocycles. The Morgan fingerprint density at radius 2 is 2.06 bits per heavy atom. The van der Waals surface area contributed by atoms with Crippen molar-refractivity contribution in [1.82, 2.24) is 0 Å². The molecule has 0 bridgehead atoms. The van der Waals surface area contributed by atoms with Gasteiger partial charge in [-0.15, -0.1) is 0 Å². The van der Waals surface area contributed by atoms with Gasteiger partial charge in [-0.3, -0.25) is 0 Å². The number of unbranched alkanes of at least 4 members (excludes halogenated alkanes) is 1. The maximum Gasteiger partial charge on any atom is 0.167 e. The number of hydrogen-bond acceptors (Lipinski definition) is 3. The molecule has 100 valence electrons. The molecule has 2 rings (SSSR count). The van der Waals surface area contributed by atoms with E-state index in [0.29, 0.717) is 47.7 Å². The van der Waals surface area contributed by atoms with Gasteiger partial charge in [-0.25, -0.2) is 4.39 Å². The van der Waals surface area contributed by atoms with Gasteiger partial charge in [-0.1, -0.05) is 0 Å². The van der Waals surface area contributed by atoms with Crippen molar-refractivity contribution in [3.8, 4) is 11.5 Å². The van der Waals surface area contributed by atoms with Crippen molar-refractivity contribution in [2.75, 3.05) is 19.8 Å². The second-order valence-corrected chi connectivity index (χ2v) is 5.13. The fourth-order valence-electron chi connectivity index (χ4n) is 1.99. The molecule has 1 aromatic carbocycles. The Labute approximate surface area is 115 Å². The molecule has 0 saturated carbocycles. The first-order chi connectivity index (χ1) is 8.74. The lowest BCUT2D eigenvalue weighted by atomic mass is 10.1. The first kappa shape index (κ1) is 13.6.